The third kappa shape index (κ3) is 8.12. The topological polar surface area (TPSA) is 66.4 Å². The van der Waals surface area contributed by atoms with Crippen LogP contribution in [0.2, 0.25) is 0 Å². The smallest absolute Gasteiger partial charge is 0.213 e. The van der Waals surface area contributed by atoms with Crippen LogP contribution in [0.4, 0.5) is 0 Å². The van der Waals surface area contributed by atoms with Gasteiger partial charge >= 0.3 is 0 Å². The van der Waals surface area contributed by atoms with Crippen LogP contribution in [0.15, 0.2) is 0 Å². The van der Waals surface area contributed by atoms with Gasteiger partial charge in [0.25, 0.3) is 0 Å². The normalized spacial score (nSPS) is 11.1. The van der Waals surface area contributed by atoms with Gasteiger partial charge in [-0.3, -0.25) is 0 Å². The summed E-state index contributed by atoms with van der Waals surface area (Å²) in [5.41, 5.74) is 0. The van der Waals surface area contributed by atoms with E-state index in [9.17, 15) is 8.42 Å². The first-order chi connectivity index (χ1) is 6.12. The summed E-state index contributed by atoms with van der Waals surface area (Å²) in [6.07, 6.45) is 5.00. The van der Waals surface area contributed by atoms with Crippen molar-refractivity contribution < 1.29 is 13.5 Å². The van der Waals surface area contributed by atoms with E-state index in [2.05, 4.69) is 10.6 Å². The maximum Gasteiger partial charge on any atom is 0.213 e. The monoisotopic (exact) mass is 223 g/mol. The molecule has 0 spiro atoms. The molecule has 0 unspecified atom stereocenters. The van der Waals surface area contributed by atoms with E-state index < -0.39 is 10.0 Å². The van der Waals surface area contributed by atoms with Crippen molar-refractivity contribution in [1.82, 2.24) is 4.72 Å². The minimum atomic E-state index is -3.28. The van der Waals surface area contributed by atoms with Crippen LogP contribution in [0.5, 0.6) is 0 Å². The van der Waals surface area contributed by atoms with E-state index >= 15 is 0 Å². The highest BCUT2D eigenvalue weighted by Crippen LogP contribution is 1.96. The molecule has 0 heterocycles. The molecule has 0 aliphatic rings. The van der Waals surface area contributed by atoms with Crippen LogP contribution in [0, 0.1) is 12.3 Å². The molecule has 0 aromatic carbocycles. The molecule has 0 saturated heterocycles. The molecule has 76 valence electrons. The molecule has 2 N–H and O–H groups in total. The summed E-state index contributed by atoms with van der Waals surface area (Å²) in [6.45, 7) is 0.00150. The summed E-state index contributed by atoms with van der Waals surface area (Å²) in [7, 11) is -3.28. The second-order valence-corrected chi connectivity index (χ2v) is 5.23. The van der Waals surface area contributed by atoms with Crippen molar-refractivity contribution >= 4 is 21.8 Å². The zero-order valence-corrected chi connectivity index (χ0v) is 8.83. The van der Waals surface area contributed by atoms with Crippen molar-refractivity contribution in [1.29, 1.82) is 0 Å². The number of aliphatic hydroxyl groups excluding tert-OH is 1. The molecule has 0 saturated carbocycles. The Hall–Kier alpha value is -0.220. The highest BCUT2D eigenvalue weighted by molar-refractivity contribution is 7.99. The van der Waals surface area contributed by atoms with Crippen LogP contribution in [0.25, 0.3) is 0 Å². The first-order valence-electron chi connectivity index (χ1n) is 3.72. The first-order valence-corrected chi connectivity index (χ1v) is 6.52. The molecule has 0 rings (SSSR count). The summed E-state index contributed by atoms with van der Waals surface area (Å²) in [5.74, 6) is 3.43. The third-order valence-corrected chi connectivity index (χ3v) is 3.34. The highest BCUT2D eigenvalue weighted by Gasteiger charge is 2.06. The Kier molecular flexibility index (Phi) is 7.09. The number of hydrogen-bond acceptors (Lipinski definition) is 4. The number of aliphatic hydroxyl groups is 1. The van der Waals surface area contributed by atoms with Crippen LogP contribution >= 0.6 is 11.8 Å². The lowest BCUT2D eigenvalue weighted by atomic mass is 10.8. The van der Waals surface area contributed by atoms with Crippen molar-refractivity contribution in [3.63, 3.8) is 0 Å². The molecule has 13 heavy (non-hydrogen) atoms. The van der Waals surface area contributed by atoms with Crippen molar-refractivity contribution in [3.8, 4) is 12.3 Å². The number of sulfonamides is 1. The molecule has 0 radical (unpaired) electrons. The van der Waals surface area contributed by atoms with Gasteiger partial charge in [0.2, 0.25) is 10.0 Å². The summed E-state index contributed by atoms with van der Waals surface area (Å²) in [5, 5.41) is 8.39. The van der Waals surface area contributed by atoms with Crippen LogP contribution in [-0.2, 0) is 10.0 Å². The van der Waals surface area contributed by atoms with E-state index in [1.54, 1.807) is 0 Å². The van der Waals surface area contributed by atoms with Gasteiger partial charge in [-0.15, -0.1) is 18.2 Å². The van der Waals surface area contributed by atoms with Gasteiger partial charge in [0.1, 0.15) is 0 Å². The minimum Gasteiger partial charge on any atom is -0.395 e. The van der Waals surface area contributed by atoms with E-state index in [1.165, 1.54) is 11.8 Å². The van der Waals surface area contributed by atoms with Gasteiger partial charge in [-0.05, 0) is 0 Å². The van der Waals surface area contributed by atoms with Crippen molar-refractivity contribution in [2.75, 3.05) is 30.4 Å². The lowest BCUT2D eigenvalue weighted by Gasteiger charge is -2.03. The number of nitrogens with one attached hydrogen (secondary N) is 1. The molecule has 0 bridgehead atoms. The second kappa shape index (κ2) is 7.21. The Morgan fingerprint density at radius 1 is 1.54 bits per heavy atom. The Balaban J connectivity index is 3.48. The van der Waals surface area contributed by atoms with Gasteiger partial charge < -0.3 is 5.11 Å². The van der Waals surface area contributed by atoms with Gasteiger partial charge in [0.05, 0.1) is 18.1 Å². The van der Waals surface area contributed by atoms with Gasteiger partial charge in [0, 0.05) is 12.3 Å². The van der Waals surface area contributed by atoms with Gasteiger partial charge in [-0.25, -0.2) is 13.1 Å². The van der Waals surface area contributed by atoms with Crippen LogP contribution in [-0.4, -0.2) is 43.9 Å². The van der Waals surface area contributed by atoms with Crippen LogP contribution in [0.1, 0.15) is 0 Å². The molecular weight excluding hydrogens is 210 g/mol. The molecule has 0 aliphatic heterocycles. The predicted octanol–water partition coefficient (Wildman–Crippen LogP) is -0.735. The molecule has 0 aromatic heterocycles. The largest absolute Gasteiger partial charge is 0.395 e. The molecule has 0 aliphatic carbocycles. The average molecular weight is 223 g/mol. The minimum absolute atomic E-state index is 0.243. The zero-order valence-electron chi connectivity index (χ0n) is 7.19. The van der Waals surface area contributed by atoms with Crippen molar-refractivity contribution in [2.45, 2.75) is 0 Å². The van der Waals surface area contributed by atoms with E-state index in [4.69, 9.17) is 11.5 Å². The van der Waals surface area contributed by atoms with Gasteiger partial charge in [0.15, 0.2) is 0 Å². The fourth-order valence-electron chi connectivity index (χ4n) is 0.593. The lowest BCUT2D eigenvalue weighted by molar-refractivity contribution is 0.319. The molecule has 0 fully saturated rings. The Bertz CT molecular complexity index is 255. The predicted molar refractivity (Wildman–Crippen MR) is 55.0 cm³/mol. The molecular formula is C7H13NO3S2. The second-order valence-electron chi connectivity index (χ2n) is 2.19. The fraction of sp³-hybridized carbons (Fsp3) is 0.714. The van der Waals surface area contributed by atoms with Crippen LogP contribution in [0.3, 0.4) is 0 Å². The summed E-state index contributed by atoms with van der Waals surface area (Å²) < 4.78 is 24.2. The Morgan fingerprint density at radius 3 is 2.77 bits per heavy atom. The lowest BCUT2D eigenvalue weighted by Crippen LogP contribution is -2.29. The molecule has 6 heteroatoms. The van der Waals surface area contributed by atoms with E-state index in [0.717, 1.165) is 0 Å². The maximum atomic E-state index is 10.9. The Labute approximate surface area is 83.2 Å². The molecule has 0 atom stereocenters. The molecule has 0 amide bonds. The number of rotatable bonds is 7. The number of thioether (sulfide) groups is 1. The summed E-state index contributed by atoms with van der Waals surface area (Å²) in [4.78, 5) is 0. The average Bonchev–Trinajstić information content (AvgIpc) is 2.04. The molecule has 4 nitrogen and oxygen atoms in total. The standard InChI is InChI=1S/C7H13NO3S2/c1-2-5-12-6-3-8-13(10,11)7-4-9/h1,8-9H,3-7H2. The summed E-state index contributed by atoms with van der Waals surface area (Å²) in [6, 6.07) is 0. The Morgan fingerprint density at radius 2 is 2.23 bits per heavy atom. The van der Waals surface area contributed by atoms with Crippen molar-refractivity contribution in [2.24, 2.45) is 0 Å². The SMILES string of the molecule is C#CCSCCNS(=O)(=O)CCO. The van der Waals surface area contributed by atoms with E-state index in [-0.39, 0.29) is 12.4 Å². The highest BCUT2D eigenvalue weighted by atomic mass is 32.2. The van der Waals surface area contributed by atoms with Gasteiger partial charge in [-0.2, -0.15) is 0 Å². The fourth-order valence-corrected chi connectivity index (χ4v) is 2.03. The summed E-state index contributed by atoms with van der Waals surface area (Å²) >= 11 is 1.49. The van der Waals surface area contributed by atoms with Crippen LogP contribution < -0.4 is 4.72 Å². The molecule has 0 aromatic rings. The van der Waals surface area contributed by atoms with E-state index in [1.807, 2.05) is 0 Å². The van der Waals surface area contributed by atoms with E-state index in [0.29, 0.717) is 18.1 Å². The van der Waals surface area contributed by atoms with Crippen molar-refractivity contribution in [3.05, 3.63) is 0 Å². The first kappa shape index (κ1) is 12.8. The zero-order chi connectivity index (χ0) is 10.2. The number of terminal acetylenes is 1. The maximum absolute atomic E-state index is 10.9. The van der Waals surface area contributed by atoms with Gasteiger partial charge in [-0.1, -0.05) is 5.92 Å². The number of hydrogen-bond donors (Lipinski definition) is 2. The quantitative estimate of drug-likeness (QED) is 0.441. The third-order valence-electron chi connectivity index (χ3n) is 1.11.